The molecule has 0 saturated heterocycles. The first-order valence-electron chi connectivity index (χ1n) is 10.7. The highest BCUT2D eigenvalue weighted by Gasteiger charge is 2.44. The molecule has 0 N–H and O–H groups in total. The quantitative estimate of drug-likeness (QED) is 0.426. The normalized spacial score (nSPS) is 15.8. The number of rotatable bonds is 3. The Morgan fingerprint density at radius 2 is 1.66 bits per heavy atom. The van der Waals surface area contributed by atoms with Crippen molar-refractivity contribution in [1.29, 1.82) is 0 Å². The third-order valence-corrected chi connectivity index (χ3v) is 6.27. The Morgan fingerprint density at radius 3 is 2.28 bits per heavy atom. The molecule has 2 aromatic heterocycles. The second-order valence-electron chi connectivity index (χ2n) is 8.80. The van der Waals surface area contributed by atoms with Crippen LogP contribution < -0.4 is 10.3 Å². The molecule has 6 nitrogen and oxygen atoms in total. The van der Waals surface area contributed by atoms with Gasteiger partial charge in [-0.3, -0.25) is 14.5 Å². The Labute approximate surface area is 185 Å². The summed E-state index contributed by atoms with van der Waals surface area (Å²) in [6.07, 6.45) is 0. The van der Waals surface area contributed by atoms with Gasteiger partial charge in [0.15, 0.2) is 11.2 Å². The average molecular weight is 428 g/mol. The number of hydrogen-bond acceptors (Lipinski definition) is 5. The third-order valence-electron chi connectivity index (χ3n) is 6.27. The molecule has 5 rings (SSSR count). The summed E-state index contributed by atoms with van der Waals surface area (Å²) >= 11 is 0. The minimum atomic E-state index is -0.648. The molecule has 1 aliphatic heterocycles. The molecule has 1 atom stereocenters. The number of carbonyl (C=O) groups is 1. The standard InChI is InChI=1S/C26H24N2O4/c1-13(2)17-6-8-18(9-7-17)23-22-24(29)19-10-14(3)15(4)11-20(19)31-25(22)26(30)28(23)21-12-16(5)32-27-21/h6-13,23H,1-5H3. The van der Waals surface area contributed by atoms with Crippen LogP contribution in [0.3, 0.4) is 0 Å². The van der Waals surface area contributed by atoms with E-state index in [1.807, 2.05) is 50.2 Å². The van der Waals surface area contributed by atoms with E-state index in [0.717, 1.165) is 16.7 Å². The molecule has 0 bridgehead atoms. The highest BCUT2D eigenvalue weighted by atomic mass is 16.5. The maximum atomic E-state index is 13.7. The van der Waals surface area contributed by atoms with Crippen LogP contribution in [0.5, 0.6) is 0 Å². The summed E-state index contributed by atoms with van der Waals surface area (Å²) in [5, 5.41) is 4.54. The predicted octanol–water partition coefficient (Wildman–Crippen LogP) is 5.58. The molecule has 3 heterocycles. The highest BCUT2D eigenvalue weighted by Crippen LogP contribution is 2.41. The number of amides is 1. The summed E-state index contributed by atoms with van der Waals surface area (Å²) in [5.41, 5.74) is 4.54. The molecule has 0 saturated carbocycles. The van der Waals surface area contributed by atoms with Crippen LogP contribution in [0.25, 0.3) is 11.0 Å². The van der Waals surface area contributed by atoms with E-state index < -0.39 is 11.9 Å². The van der Waals surface area contributed by atoms with E-state index in [4.69, 9.17) is 8.94 Å². The number of carbonyl (C=O) groups excluding carboxylic acids is 1. The molecular weight excluding hydrogens is 404 g/mol. The molecule has 1 unspecified atom stereocenters. The zero-order valence-corrected chi connectivity index (χ0v) is 18.7. The zero-order chi connectivity index (χ0) is 22.7. The monoisotopic (exact) mass is 428 g/mol. The molecule has 162 valence electrons. The van der Waals surface area contributed by atoms with Crippen LogP contribution in [-0.4, -0.2) is 11.1 Å². The minimum Gasteiger partial charge on any atom is -0.450 e. The van der Waals surface area contributed by atoms with Crippen molar-refractivity contribution >= 4 is 22.7 Å². The van der Waals surface area contributed by atoms with Gasteiger partial charge in [-0.15, -0.1) is 0 Å². The van der Waals surface area contributed by atoms with Gasteiger partial charge in [0.25, 0.3) is 5.91 Å². The maximum Gasteiger partial charge on any atom is 0.296 e. The molecule has 6 heteroatoms. The summed E-state index contributed by atoms with van der Waals surface area (Å²) in [6, 6.07) is 12.7. The van der Waals surface area contributed by atoms with Gasteiger partial charge >= 0.3 is 0 Å². The SMILES string of the molecule is Cc1cc(N2C(=O)c3oc4cc(C)c(C)cc4c(=O)c3C2c2ccc(C(C)C)cc2)no1. The van der Waals surface area contributed by atoms with E-state index >= 15 is 0 Å². The van der Waals surface area contributed by atoms with E-state index in [1.54, 1.807) is 13.0 Å². The fraction of sp³-hybridized carbons (Fsp3) is 0.269. The number of aryl methyl sites for hydroxylation is 3. The van der Waals surface area contributed by atoms with Gasteiger partial charge in [0.1, 0.15) is 11.3 Å². The first kappa shape index (κ1) is 20.2. The lowest BCUT2D eigenvalue weighted by molar-refractivity contribution is 0.0969. The Bertz CT molecular complexity index is 1430. The van der Waals surface area contributed by atoms with E-state index in [9.17, 15) is 9.59 Å². The second-order valence-corrected chi connectivity index (χ2v) is 8.80. The third kappa shape index (κ3) is 2.98. The van der Waals surface area contributed by atoms with Gasteiger partial charge in [0.2, 0.25) is 5.76 Å². The molecule has 2 aromatic carbocycles. The van der Waals surface area contributed by atoms with Gasteiger partial charge in [0.05, 0.1) is 17.0 Å². The summed E-state index contributed by atoms with van der Waals surface area (Å²) < 4.78 is 11.3. The van der Waals surface area contributed by atoms with E-state index in [2.05, 4.69) is 19.0 Å². The topological polar surface area (TPSA) is 76.6 Å². The number of aromatic nitrogens is 1. The van der Waals surface area contributed by atoms with Crippen molar-refractivity contribution in [2.45, 2.75) is 46.6 Å². The van der Waals surface area contributed by atoms with Crippen LogP contribution in [0.4, 0.5) is 5.82 Å². The van der Waals surface area contributed by atoms with Crippen molar-refractivity contribution in [3.8, 4) is 0 Å². The van der Waals surface area contributed by atoms with E-state index in [-0.39, 0.29) is 11.2 Å². The number of benzene rings is 2. The molecular formula is C26H24N2O4. The van der Waals surface area contributed by atoms with Gasteiger partial charge in [-0.2, -0.15) is 0 Å². The molecule has 1 amide bonds. The lowest BCUT2D eigenvalue weighted by atomic mass is 9.95. The van der Waals surface area contributed by atoms with Crippen LogP contribution in [0, 0.1) is 20.8 Å². The predicted molar refractivity (Wildman–Crippen MR) is 122 cm³/mol. The van der Waals surface area contributed by atoms with Crippen molar-refractivity contribution in [2.75, 3.05) is 4.90 Å². The fourth-order valence-corrected chi connectivity index (χ4v) is 4.31. The van der Waals surface area contributed by atoms with Crippen molar-refractivity contribution in [3.05, 3.63) is 92.0 Å². The minimum absolute atomic E-state index is 0.0596. The smallest absolute Gasteiger partial charge is 0.296 e. The van der Waals surface area contributed by atoms with Gasteiger partial charge in [0, 0.05) is 6.07 Å². The summed E-state index contributed by atoms with van der Waals surface area (Å²) in [5.74, 6) is 0.963. The number of nitrogens with zero attached hydrogens (tertiary/aromatic N) is 2. The van der Waals surface area contributed by atoms with E-state index in [0.29, 0.717) is 34.0 Å². The highest BCUT2D eigenvalue weighted by molar-refractivity contribution is 6.10. The van der Waals surface area contributed by atoms with Crippen molar-refractivity contribution in [1.82, 2.24) is 5.16 Å². The van der Waals surface area contributed by atoms with Crippen LogP contribution >= 0.6 is 0 Å². The Kier molecular flexibility index (Phi) is 4.55. The first-order chi connectivity index (χ1) is 15.3. The lowest BCUT2D eigenvalue weighted by Gasteiger charge is -2.22. The molecule has 0 fully saturated rings. The molecule has 0 spiro atoms. The Hall–Kier alpha value is -3.67. The summed E-state index contributed by atoms with van der Waals surface area (Å²) in [7, 11) is 0. The maximum absolute atomic E-state index is 13.7. The van der Waals surface area contributed by atoms with Crippen molar-refractivity contribution in [3.63, 3.8) is 0 Å². The lowest BCUT2D eigenvalue weighted by Crippen LogP contribution is -2.29. The zero-order valence-electron chi connectivity index (χ0n) is 18.7. The first-order valence-corrected chi connectivity index (χ1v) is 10.7. The van der Waals surface area contributed by atoms with E-state index in [1.165, 1.54) is 10.5 Å². The molecule has 0 radical (unpaired) electrons. The van der Waals surface area contributed by atoms with Gasteiger partial charge in [-0.05, 0) is 61.1 Å². The Morgan fingerprint density at radius 1 is 0.969 bits per heavy atom. The van der Waals surface area contributed by atoms with Crippen LogP contribution in [0.2, 0.25) is 0 Å². The fourth-order valence-electron chi connectivity index (χ4n) is 4.31. The van der Waals surface area contributed by atoms with Crippen LogP contribution in [-0.2, 0) is 0 Å². The second kappa shape index (κ2) is 7.19. The Balaban J connectivity index is 1.79. The number of anilines is 1. The van der Waals surface area contributed by atoms with Crippen LogP contribution in [0.1, 0.15) is 69.9 Å². The van der Waals surface area contributed by atoms with Gasteiger partial charge in [-0.25, -0.2) is 0 Å². The summed E-state index contributed by atoms with van der Waals surface area (Å²) in [4.78, 5) is 28.7. The molecule has 0 aliphatic carbocycles. The molecule has 1 aliphatic rings. The molecule has 32 heavy (non-hydrogen) atoms. The number of fused-ring (bicyclic) bond motifs is 2. The molecule has 4 aromatic rings. The van der Waals surface area contributed by atoms with Crippen LogP contribution in [0.15, 0.2) is 56.2 Å². The average Bonchev–Trinajstić information content (AvgIpc) is 3.31. The summed E-state index contributed by atoms with van der Waals surface area (Å²) in [6.45, 7) is 9.92. The van der Waals surface area contributed by atoms with Crippen molar-refractivity contribution in [2.24, 2.45) is 0 Å². The largest absolute Gasteiger partial charge is 0.450 e. The number of hydrogen-bond donors (Lipinski definition) is 0. The van der Waals surface area contributed by atoms with Crippen molar-refractivity contribution < 1.29 is 13.7 Å². The van der Waals surface area contributed by atoms with Gasteiger partial charge < -0.3 is 8.94 Å². The van der Waals surface area contributed by atoms with Gasteiger partial charge in [-0.1, -0.05) is 43.3 Å².